The number of halogens is 1. The number of anilines is 2. The predicted octanol–water partition coefficient (Wildman–Crippen LogP) is 3.82. The number of benzene rings is 1. The monoisotopic (exact) mass is 543 g/mol. The summed E-state index contributed by atoms with van der Waals surface area (Å²) >= 11 is 3.87. The summed E-state index contributed by atoms with van der Waals surface area (Å²) in [7, 11) is 1.88. The number of nitrogens with zero attached hydrogens (tertiary/aromatic N) is 4. The largest absolute Gasteiger partial charge is 0.370 e. The molecule has 29 heavy (non-hydrogen) atoms. The number of nitrogens with one attached hydrogen (secondary N) is 1. The number of piperazine rings is 1. The molecule has 0 amide bonds. The van der Waals surface area contributed by atoms with Crippen molar-refractivity contribution in [3.63, 3.8) is 0 Å². The van der Waals surface area contributed by atoms with Gasteiger partial charge in [0.05, 0.1) is 5.00 Å². The van der Waals surface area contributed by atoms with Gasteiger partial charge in [-0.05, 0) is 35.2 Å². The fourth-order valence-corrected chi connectivity index (χ4v) is 5.44. The van der Waals surface area contributed by atoms with Gasteiger partial charge in [-0.3, -0.25) is 4.99 Å². The Hall–Kier alpha value is -1.13. The Morgan fingerprint density at radius 1 is 0.966 bits per heavy atom. The van der Waals surface area contributed by atoms with Gasteiger partial charge >= 0.3 is 0 Å². The van der Waals surface area contributed by atoms with E-state index >= 15 is 0 Å². The molecule has 2 saturated heterocycles. The molecule has 0 atom stereocenters. The highest BCUT2D eigenvalue weighted by Crippen LogP contribution is 2.22. The van der Waals surface area contributed by atoms with Crippen LogP contribution in [0.3, 0.4) is 0 Å². The Balaban J connectivity index is 0.00000240. The van der Waals surface area contributed by atoms with Crippen LogP contribution in [-0.2, 0) is 6.54 Å². The molecule has 0 unspecified atom stereocenters. The molecule has 0 bridgehead atoms. The number of rotatable bonds is 4. The summed E-state index contributed by atoms with van der Waals surface area (Å²) in [4.78, 5) is 11.8. The fourth-order valence-electron chi connectivity index (χ4n) is 3.75. The van der Waals surface area contributed by atoms with Gasteiger partial charge in [0, 0.05) is 70.1 Å². The van der Waals surface area contributed by atoms with Gasteiger partial charge in [0.15, 0.2) is 5.96 Å². The third kappa shape index (κ3) is 5.95. The maximum atomic E-state index is 4.51. The minimum absolute atomic E-state index is 0. The van der Waals surface area contributed by atoms with Crippen LogP contribution in [0.15, 0.2) is 46.8 Å². The van der Waals surface area contributed by atoms with Crippen molar-refractivity contribution in [3.8, 4) is 0 Å². The first kappa shape index (κ1) is 22.6. The minimum Gasteiger partial charge on any atom is -0.370 e. The summed E-state index contributed by atoms with van der Waals surface area (Å²) in [5.41, 5.74) is 2.65. The second kappa shape index (κ2) is 11.3. The molecule has 0 aliphatic carbocycles. The fraction of sp³-hybridized carbons (Fsp3) is 0.476. The minimum atomic E-state index is 0. The average Bonchev–Trinajstić information content (AvgIpc) is 3.31. The van der Waals surface area contributed by atoms with E-state index in [0.29, 0.717) is 0 Å². The van der Waals surface area contributed by atoms with Crippen molar-refractivity contribution < 1.29 is 0 Å². The highest BCUT2D eigenvalue weighted by Gasteiger charge is 2.20. The summed E-state index contributed by atoms with van der Waals surface area (Å²) in [5.74, 6) is 3.47. The molecule has 8 heteroatoms. The van der Waals surface area contributed by atoms with Crippen LogP contribution in [0.4, 0.5) is 10.7 Å². The molecule has 0 saturated carbocycles. The molecule has 2 aliphatic heterocycles. The third-order valence-electron chi connectivity index (χ3n) is 5.37. The molecule has 1 aromatic carbocycles. The van der Waals surface area contributed by atoms with Gasteiger partial charge in [0.25, 0.3) is 0 Å². The Kier molecular flexibility index (Phi) is 8.80. The number of guanidine groups is 1. The van der Waals surface area contributed by atoms with E-state index in [0.717, 1.165) is 51.8 Å². The Morgan fingerprint density at radius 2 is 1.69 bits per heavy atom. The molecule has 4 rings (SSSR count). The molecule has 2 aliphatic rings. The van der Waals surface area contributed by atoms with Crippen molar-refractivity contribution >= 4 is 63.7 Å². The first-order chi connectivity index (χ1) is 13.8. The van der Waals surface area contributed by atoms with Gasteiger partial charge in [0.1, 0.15) is 0 Å². The molecule has 0 radical (unpaired) electrons. The Labute approximate surface area is 199 Å². The first-order valence-corrected chi connectivity index (χ1v) is 12.0. The smallest absolute Gasteiger partial charge is 0.194 e. The Morgan fingerprint density at radius 3 is 2.31 bits per heavy atom. The average molecular weight is 544 g/mol. The van der Waals surface area contributed by atoms with Crippen molar-refractivity contribution in [3.05, 3.63) is 47.3 Å². The molecule has 158 valence electrons. The van der Waals surface area contributed by atoms with Crippen LogP contribution in [0.5, 0.6) is 0 Å². The summed E-state index contributed by atoms with van der Waals surface area (Å²) in [6, 6.07) is 13.3. The maximum absolute atomic E-state index is 4.51. The molecule has 2 fully saturated rings. The number of hydrogen-bond acceptors (Lipinski definition) is 5. The van der Waals surface area contributed by atoms with Crippen LogP contribution >= 0.6 is 47.1 Å². The Bertz CT molecular complexity index is 752. The normalized spacial score (nSPS) is 17.8. The van der Waals surface area contributed by atoms with Crippen LogP contribution in [-0.4, -0.2) is 68.7 Å². The highest BCUT2D eigenvalue weighted by molar-refractivity contribution is 14.0. The van der Waals surface area contributed by atoms with E-state index in [4.69, 9.17) is 0 Å². The maximum Gasteiger partial charge on any atom is 0.194 e. The van der Waals surface area contributed by atoms with Gasteiger partial charge < -0.3 is 20.0 Å². The van der Waals surface area contributed by atoms with E-state index in [1.54, 1.807) is 0 Å². The lowest BCUT2D eigenvalue weighted by molar-refractivity contribution is 0.373. The van der Waals surface area contributed by atoms with E-state index in [9.17, 15) is 0 Å². The lowest BCUT2D eigenvalue weighted by atomic mass is 10.2. The quantitative estimate of drug-likeness (QED) is 0.361. The predicted molar refractivity (Wildman–Crippen MR) is 140 cm³/mol. The van der Waals surface area contributed by atoms with E-state index in [1.165, 1.54) is 27.8 Å². The molecule has 0 spiro atoms. The third-order valence-corrected chi connectivity index (χ3v) is 7.24. The number of hydrogen-bond donors (Lipinski definition) is 1. The van der Waals surface area contributed by atoms with E-state index in [1.807, 2.05) is 18.4 Å². The molecule has 1 aromatic heterocycles. The van der Waals surface area contributed by atoms with Crippen molar-refractivity contribution in [1.29, 1.82) is 0 Å². The van der Waals surface area contributed by atoms with Crippen LogP contribution in [0.2, 0.25) is 0 Å². The van der Waals surface area contributed by atoms with Gasteiger partial charge in [-0.1, -0.05) is 12.1 Å². The summed E-state index contributed by atoms with van der Waals surface area (Å²) in [6.07, 6.45) is 0. The van der Waals surface area contributed by atoms with Gasteiger partial charge in [-0.2, -0.15) is 11.8 Å². The SMILES string of the molecule is CN=C(NCc1ccc(N2CCSCC2)cc1)N1CCN(c2cccs2)CC1.I. The molecule has 1 N–H and O–H groups in total. The van der Waals surface area contributed by atoms with Crippen LogP contribution in [0, 0.1) is 0 Å². The molecular formula is C21H30IN5S2. The number of aliphatic imine (C=N–C) groups is 1. The molecule has 3 heterocycles. The van der Waals surface area contributed by atoms with Gasteiger partial charge in [-0.15, -0.1) is 35.3 Å². The molecular weight excluding hydrogens is 513 g/mol. The lowest BCUT2D eigenvalue weighted by Crippen LogP contribution is -2.52. The van der Waals surface area contributed by atoms with Crippen molar-refractivity contribution in [1.82, 2.24) is 10.2 Å². The van der Waals surface area contributed by atoms with E-state index in [-0.39, 0.29) is 24.0 Å². The number of thiophene rings is 1. The van der Waals surface area contributed by atoms with Crippen molar-refractivity contribution in [2.75, 3.05) is 67.6 Å². The van der Waals surface area contributed by atoms with E-state index in [2.05, 4.69) is 78.5 Å². The zero-order valence-electron chi connectivity index (χ0n) is 16.9. The highest BCUT2D eigenvalue weighted by atomic mass is 127. The van der Waals surface area contributed by atoms with Gasteiger partial charge in [0.2, 0.25) is 0 Å². The first-order valence-electron chi connectivity index (χ1n) is 9.99. The standard InChI is InChI=1S/C21H29N5S2.HI/c1-22-21(26-10-8-25(9-11-26)20-3-2-14-28-20)23-17-18-4-6-19(7-5-18)24-12-15-27-16-13-24;/h2-7,14H,8-13,15-17H2,1H3,(H,22,23);1H. The summed E-state index contributed by atoms with van der Waals surface area (Å²) < 4.78 is 0. The summed E-state index contributed by atoms with van der Waals surface area (Å²) in [5, 5.41) is 7.07. The van der Waals surface area contributed by atoms with Crippen LogP contribution in [0.1, 0.15) is 5.56 Å². The zero-order valence-corrected chi connectivity index (χ0v) is 20.9. The van der Waals surface area contributed by atoms with Crippen molar-refractivity contribution in [2.24, 2.45) is 4.99 Å². The lowest BCUT2D eigenvalue weighted by Gasteiger charge is -2.37. The van der Waals surface area contributed by atoms with E-state index < -0.39 is 0 Å². The second-order valence-corrected chi connectivity index (χ2v) is 9.24. The number of thioether (sulfide) groups is 1. The van der Waals surface area contributed by atoms with Crippen LogP contribution < -0.4 is 15.1 Å². The van der Waals surface area contributed by atoms with Gasteiger partial charge in [-0.25, -0.2) is 0 Å². The van der Waals surface area contributed by atoms with Crippen molar-refractivity contribution in [2.45, 2.75) is 6.54 Å². The molecule has 5 nitrogen and oxygen atoms in total. The summed E-state index contributed by atoms with van der Waals surface area (Å²) in [6.45, 7) is 7.23. The second-order valence-electron chi connectivity index (χ2n) is 7.09. The zero-order chi connectivity index (χ0) is 19.2. The van der Waals surface area contributed by atoms with Crippen LogP contribution in [0.25, 0.3) is 0 Å². The topological polar surface area (TPSA) is 34.1 Å². The molecule has 2 aromatic rings.